The SMILES string of the molecule is C[C@@H](Nc1ncnc2c1CCN(Cc1cccnc1)CC2)c1ccccc1. The van der Waals surface area contributed by atoms with E-state index >= 15 is 0 Å². The van der Waals surface area contributed by atoms with Crippen molar-refractivity contribution < 1.29 is 0 Å². The van der Waals surface area contributed by atoms with Crippen molar-refractivity contribution in [2.24, 2.45) is 0 Å². The molecule has 1 aromatic carbocycles. The third-order valence-electron chi connectivity index (χ3n) is 5.16. The molecule has 0 aliphatic carbocycles. The van der Waals surface area contributed by atoms with Gasteiger partial charge in [0, 0.05) is 50.1 Å². The maximum absolute atomic E-state index is 4.57. The van der Waals surface area contributed by atoms with E-state index in [0.29, 0.717) is 0 Å². The Hall–Kier alpha value is -2.79. The second-order valence-corrected chi connectivity index (χ2v) is 7.06. The zero-order chi connectivity index (χ0) is 18.5. The van der Waals surface area contributed by atoms with Crippen LogP contribution in [0.2, 0.25) is 0 Å². The molecule has 3 aromatic rings. The Kier molecular flexibility index (Phi) is 5.39. The molecule has 0 saturated carbocycles. The Bertz CT molecular complexity index is 866. The van der Waals surface area contributed by atoms with Gasteiger partial charge in [0.2, 0.25) is 0 Å². The molecule has 5 nitrogen and oxygen atoms in total. The number of nitrogens with zero attached hydrogens (tertiary/aromatic N) is 4. The quantitative estimate of drug-likeness (QED) is 0.754. The minimum absolute atomic E-state index is 0.208. The molecule has 0 radical (unpaired) electrons. The van der Waals surface area contributed by atoms with Crippen molar-refractivity contribution in [3.63, 3.8) is 0 Å². The summed E-state index contributed by atoms with van der Waals surface area (Å²) >= 11 is 0. The Morgan fingerprint density at radius 1 is 1.04 bits per heavy atom. The highest BCUT2D eigenvalue weighted by Crippen LogP contribution is 2.25. The summed E-state index contributed by atoms with van der Waals surface area (Å²) in [5, 5.41) is 3.60. The number of aromatic nitrogens is 3. The fourth-order valence-electron chi connectivity index (χ4n) is 3.64. The van der Waals surface area contributed by atoms with Crippen LogP contribution in [-0.4, -0.2) is 32.9 Å². The van der Waals surface area contributed by atoms with Crippen molar-refractivity contribution >= 4 is 5.82 Å². The number of hydrogen-bond acceptors (Lipinski definition) is 5. The topological polar surface area (TPSA) is 53.9 Å². The second-order valence-electron chi connectivity index (χ2n) is 7.06. The van der Waals surface area contributed by atoms with Gasteiger partial charge < -0.3 is 5.32 Å². The van der Waals surface area contributed by atoms with Crippen LogP contribution in [0.3, 0.4) is 0 Å². The Balaban J connectivity index is 1.48. The van der Waals surface area contributed by atoms with Gasteiger partial charge in [0.1, 0.15) is 12.1 Å². The van der Waals surface area contributed by atoms with E-state index in [-0.39, 0.29) is 6.04 Å². The number of hydrogen-bond donors (Lipinski definition) is 1. The Morgan fingerprint density at radius 2 is 1.89 bits per heavy atom. The highest BCUT2D eigenvalue weighted by molar-refractivity contribution is 5.48. The van der Waals surface area contributed by atoms with Crippen molar-refractivity contribution in [3.8, 4) is 0 Å². The minimum atomic E-state index is 0.208. The van der Waals surface area contributed by atoms with Crippen molar-refractivity contribution in [2.45, 2.75) is 32.4 Å². The summed E-state index contributed by atoms with van der Waals surface area (Å²) in [7, 11) is 0. The van der Waals surface area contributed by atoms with Gasteiger partial charge in [0.05, 0.1) is 5.69 Å². The van der Waals surface area contributed by atoms with Gasteiger partial charge >= 0.3 is 0 Å². The molecular weight excluding hydrogens is 334 g/mol. The summed E-state index contributed by atoms with van der Waals surface area (Å²) in [6.07, 6.45) is 7.37. The highest BCUT2D eigenvalue weighted by Gasteiger charge is 2.19. The maximum Gasteiger partial charge on any atom is 0.133 e. The largest absolute Gasteiger partial charge is 0.363 e. The first-order valence-electron chi connectivity index (χ1n) is 9.55. The number of anilines is 1. The Labute approximate surface area is 160 Å². The van der Waals surface area contributed by atoms with Gasteiger partial charge in [-0.15, -0.1) is 0 Å². The first-order valence-corrected chi connectivity index (χ1v) is 9.55. The molecule has 138 valence electrons. The molecule has 0 saturated heterocycles. The molecule has 4 rings (SSSR count). The molecular formula is C22H25N5. The monoisotopic (exact) mass is 359 g/mol. The van der Waals surface area contributed by atoms with E-state index in [1.165, 1.54) is 22.4 Å². The maximum atomic E-state index is 4.57. The van der Waals surface area contributed by atoms with Crippen LogP contribution in [-0.2, 0) is 19.4 Å². The molecule has 0 amide bonds. The summed E-state index contributed by atoms with van der Waals surface area (Å²) in [6, 6.07) is 14.8. The van der Waals surface area contributed by atoms with Crippen LogP contribution in [0, 0.1) is 0 Å². The molecule has 0 unspecified atom stereocenters. The number of rotatable bonds is 5. The fraction of sp³-hybridized carbons (Fsp3) is 0.318. The van der Waals surface area contributed by atoms with Crippen LogP contribution >= 0.6 is 0 Å². The fourth-order valence-corrected chi connectivity index (χ4v) is 3.64. The Morgan fingerprint density at radius 3 is 2.70 bits per heavy atom. The third kappa shape index (κ3) is 4.31. The van der Waals surface area contributed by atoms with Crippen molar-refractivity contribution in [1.29, 1.82) is 0 Å². The number of fused-ring (bicyclic) bond motifs is 1. The van der Waals surface area contributed by atoms with Gasteiger partial charge in [-0.05, 0) is 30.5 Å². The van der Waals surface area contributed by atoms with Gasteiger partial charge in [-0.2, -0.15) is 0 Å². The summed E-state index contributed by atoms with van der Waals surface area (Å²) in [6.45, 7) is 5.12. The smallest absolute Gasteiger partial charge is 0.133 e. The van der Waals surface area contributed by atoms with Crippen molar-refractivity contribution in [3.05, 3.63) is 83.6 Å². The number of benzene rings is 1. The zero-order valence-electron chi connectivity index (χ0n) is 15.7. The number of pyridine rings is 1. The van der Waals surface area contributed by atoms with E-state index in [0.717, 1.165) is 38.3 Å². The third-order valence-corrected chi connectivity index (χ3v) is 5.16. The molecule has 0 fully saturated rings. The van der Waals surface area contributed by atoms with E-state index in [2.05, 4.69) is 62.4 Å². The molecule has 5 heteroatoms. The second kappa shape index (κ2) is 8.27. The van der Waals surface area contributed by atoms with Crippen LogP contribution in [0.15, 0.2) is 61.2 Å². The summed E-state index contributed by atoms with van der Waals surface area (Å²) in [5.41, 5.74) is 4.94. The molecule has 0 bridgehead atoms. The number of nitrogens with one attached hydrogen (secondary N) is 1. The zero-order valence-corrected chi connectivity index (χ0v) is 15.7. The van der Waals surface area contributed by atoms with E-state index < -0.39 is 0 Å². The average Bonchev–Trinajstić information content (AvgIpc) is 2.93. The molecule has 1 aliphatic heterocycles. The van der Waals surface area contributed by atoms with Gasteiger partial charge in [-0.3, -0.25) is 9.88 Å². The molecule has 27 heavy (non-hydrogen) atoms. The van der Waals surface area contributed by atoms with Crippen molar-refractivity contribution in [1.82, 2.24) is 19.9 Å². The van der Waals surface area contributed by atoms with E-state index in [4.69, 9.17) is 0 Å². The molecule has 1 aliphatic rings. The first kappa shape index (κ1) is 17.6. The lowest BCUT2D eigenvalue weighted by molar-refractivity contribution is 0.278. The first-order chi connectivity index (χ1) is 13.3. The lowest BCUT2D eigenvalue weighted by atomic mass is 10.1. The van der Waals surface area contributed by atoms with Crippen LogP contribution in [0.5, 0.6) is 0 Å². The molecule has 3 heterocycles. The lowest BCUT2D eigenvalue weighted by Crippen LogP contribution is -2.26. The standard InChI is InChI=1S/C22H25N5/c1-17(19-7-3-2-4-8-19)26-22-20-9-12-27(13-10-21(20)24-16-25-22)15-18-6-5-11-23-14-18/h2-8,11,14,16-17H,9-10,12-13,15H2,1H3,(H,24,25,26)/t17-/m1/s1. The molecule has 1 N–H and O–H groups in total. The molecule has 1 atom stereocenters. The van der Waals surface area contributed by atoms with E-state index in [1.807, 2.05) is 24.5 Å². The van der Waals surface area contributed by atoms with E-state index in [9.17, 15) is 0 Å². The predicted molar refractivity (Wildman–Crippen MR) is 107 cm³/mol. The summed E-state index contributed by atoms with van der Waals surface area (Å²) < 4.78 is 0. The van der Waals surface area contributed by atoms with Gasteiger partial charge in [0.25, 0.3) is 0 Å². The highest BCUT2D eigenvalue weighted by atomic mass is 15.1. The van der Waals surface area contributed by atoms with Gasteiger partial charge in [0.15, 0.2) is 0 Å². The lowest BCUT2D eigenvalue weighted by Gasteiger charge is -2.20. The van der Waals surface area contributed by atoms with Crippen LogP contribution in [0.25, 0.3) is 0 Å². The minimum Gasteiger partial charge on any atom is -0.363 e. The van der Waals surface area contributed by atoms with Gasteiger partial charge in [-0.1, -0.05) is 36.4 Å². The van der Waals surface area contributed by atoms with Crippen molar-refractivity contribution in [2.75, 3.05) is 18.4 Å². The average molecular weight is 359 g/mol. The molecule has 0 spiro atoms. The van der Waals surface area contributed by atoms with Crippen LogP contribution < -0.4 is 5.32 Å². The summed E-state index contributed by atoms with van der Waals surface area (Å²) in [5.74, 6) is 0.972. The predicted octanol–water partition coefficient (Wildman–Crippen LogP) is 3.65. The summed E-state index contributed by atoms with van der Waals surface area (Å²) in [4.78, 5) is 15.8. The van der Waals surface area contributed by atoms with Crippen LogP contribution in [0.1, 0.15) is 35.3 Å². The van der Waals surface area contributed by atoms with E-state index in [1.54, 1.807) is 6.33 Å². The molecule has 2 aromatic heterocycles. The van der Waals surface area contributed by atoms with Gasteiger partial charge in [-0.25, -0.2) is 9.97 Å². The normalized spacial score (nSPS) is 15.6. The van der Waals surface area contributed by atoms with Crippen LogP contribution in [0.4, 0.5) is 5.82 Å².